The van der Waals surface area contributed by atoms with Gasteiger partial charge in [-0.3, -0.25) is 4.90 Å². The zero-order valence-corrected chi connectivity index (χ0v) is 24.2. The highest BCUT2D eigenvalue weighted by molar-refractivity contribution is 6.30. The van der Waals surface area contributed by atoms with Gasteiger partial charge in [0.25, 0.3) is 0 Å². The highest BCUT2D eigenvalue weighted by Gasteiger charge is 2.35. The number of alkyl halides is 3. The molecule has 1 aromatic heterocycles. The lowest BCUT2D eigenvalue weighted by Crippen LogP contribution is -2.31. The van der Waals surface area contributed by atoms with Crippen molar-refractivity contribution in [2.45, 2.75) is 52.4 Å². The highest BCUT2D eigenvalue weighted by atomic mass is 35.5. The van der Waals surface area contributed by atoms with Gasteiger partial charge in [0, 0.05) is 48.3 Å². The van der Waals surface area contributed by atoms with Gasteiger partial charge >= 0.3 is 12.2 Å². The molecule has 4 aromatic rings. The van der Waals surface area contributed by atoms with Gasteiger partial charge in [0.05, 0.1) is 28.3 Å². The van der Waals surface area contributed by atoms with Gasteiger partial charge in [0.15, 0.2) is 0 Å². The standard InChI is InChI=1S/C31H29ClF5N5O/c1-3-17-6-5-7-18(4-2)28(17)42-29(21-13-25(34)27(14-24(21)33)39-30(38)43)22-16-41(11-10-26(22)40-42)15-19-12-20(32)8-9-23(19)31(35,36)37/h5-9,12-14H,3-4,10-11,15-16H2,1-2H3,(H3,38,39,43). The molecule has 1 aliphatic heterocycles. The molecule has 0 saturated carbocycles. The summed E-state index contributed by atoms with van der Waals surface area (Å²) >= 11 is 6.07. The predicted octanol–water partition coefficient (Wildman–Crippen LogP) is 7.66. The fraction of sp³-hybridized carbons (Fsp3) is 0.290. The molecule has 0 fully saturated rings. The van der Waals surface area contributed by atoms with Crippen molar-refractivity contribution in [3.8, 4) is 16.9 Å². The Balaban J connectivity index is 1.68. The van der Waals surface area contributed by atoms with E-state index in [1.165, 1.54) is 12.1 Å². The van der Waals surface area contributed by atoms with Crippen LogP contribution in [0.15, 0.2) is 48.5 Å². The van der Waals surface area contributed by atoms with Gasteiger partial charge in [0.2, 0.25) is 0 Å². The summed E-state index contributed by atoms with van der Waals surface area (Å²) in [5.74, 6) is -1.73. The molecule has 0 atom stereocenters. The largest absolute Gasteiger partial charge is 0.416 e. The van der Waals surface area contributed by atoms with Gasteiger partial charge in [-0.15, -0.1) is 0 Å². The van der Waals surface area contributed by atoms with Crippen molar-refractivity contribution in [1.82, 2.24) is 14.7 Å². The van der Waals surface area contributed by atoms with Crippen LogP contribution in [0.5, 0.6) is 0 Å². The lowest BCUT2D eigenvalue weighted by molar-refractivity contribution is -0.138. The number of urea groups is 1. The molecule has 2 heterocycles. The van der Waals surface area contributed by atoms with E-state index < -0.39 is 35.1 Å². The SMILES string of the molecule is CCc1cccc(CC)c1-n1nc2c(c1-c1cc(F)c(NC(N)=O)cc1F)CN(Cc1cc(Cl)ccc1C(F)(F)F)CC2. The molecular weight excluding hydrogens is 589 g/mol. The molecular formula is C31H29ClF5N5O. The van der Waals surface area contributed by atoms with Crippen LogP contribution in [0.1, 0.15) is 47.4 Å². The number of benzene rings is 3. The minimum Gasteiger partial charge on any atom is -0.351 e. The number of para-hydroxylation sites is 1. The number of carbonyl (C=O) groups excluding carboxylic acids is 1. The van der Waals surface area contributed by atoms with Crippen LogP contribution in [-0.4, -0.2) is 27.3 Å². The van der Waals surface area contributed by atoms with Crippen LogP contribution in [-0.2, 0) is 38.5 Å². The highest BCUT2D eigenvalue weighted by Crippen LogP contribution is 2.39. The molecule has 6 nitrogen and oxygen atoms in total. The number of rotatable bonds is 7. The number of aryl methyl sites for hydroxylation is 2. The molecule has 3 N–H and O–H groups in total. The summed E-state index contributed by atoms with van der Waals surface area (Å²) in [6, 6.07) is 10.1. The Labute approximate surface area is 250 Å². The number of carbonyl (C=O) groups is 1. The summed E-state index contributed by atoms with van der Waals surface area (Å²) in [5.41, 5.74) is 7.97. The van der Waals surface area contributed by atoms with Crippen LogP contribution in [0, 0.1) is 11.6 Å². The van der Waals surface area contributed by atoms with Crippen molar-refractivity contribution in [3.63, 3.8) is 0 Å². The van der Waals surface area contributed by atoms with E-state index in [1.807, 2.05) is 36.9 Å². The van der Waals surface area contributed by atoms with Crippen molar-refractivity contribution in [1.29, 1.82) is 0 Å². The van der Waals surface area contributed by atoms with E-state index in [1.54, 1.807) is 4.68 Å². The number of aromatic nitrogens is 2. The van der Waals surface area contributed by atoms with Crippen molar-refractivity contribution in [2.75, 3.05) is 11.9 Å². The Morgan fingerprint density at radius 1 is 1.02 bits per heavy atom. The number of nitrogens with zero attached hydrogens (tertiary/aromatic N) is 3. The maximum absolute atomic E-state index is 15.8. The zero-order chi connectivity index (χ0) is 31.1. The van der Waals surface area contributed by atoms with Crippen LogP contribution in [0.25, 0.3) is 16.9 Å². The molecule has 0 unspecified atom stereocenters. The topological polar surface area (TPSA) is 76.2 Å². The summed E-state index contributed by atoms with van der Waals surface area (Å²) in [4.78, 5) is 13.1. The number of fused-ring (bicyclic) bond motifs is 1. The molecule has 5 rings (SSSR count). The van der Waals surface area contributed by atoms with Gasteiger partial charge in [-0.2, -0.15) is 18.3 Å². The minimum atomic E-state index is -4.57. The maximum Gasteiger partial charge on any atom is 0.416 e. The first-order chi connectivity index (χ1) is 20.4. The summed E-state index contributed by atoms with van der Waals surface area (Å²) in [7, 11) is 0. The smallest absolute Gasteiger partial charge is 0.351 e. The number of amides is 2. The van der Waals surface area contributed by atoms with Crippen molar-refractivity contribution in [2.24, 2.45) is 5.73 Å². The van der Waals surface area contributed by atoms with Gasteiger partial charge in [0.1, 0.15) is 11.6 Å². The normalized spacial score (nSPS) is 13.7. The number of nitrogens with two attached hydrogens (primary N) is 1. The van der Waals surface area contributed by atoms with E-state index in [0.717, 1.165) is 35.0 Å². The number of hydrogen-bond acceptors (Lipinski definition) is 3. The third-order valence-electron chi connectivity index (χ3n) is 7.63. The predicted molar refractivity (Wildman–Crippen MR) is 155 cm³/mol. The first kappa shape index (κ1) is 30.5. The number of nitrogens with one attached hydrogen (secondary N) is 1. The van der Waals surface area contributed by atoms with Crippen molar-refractivity contribution >= 4 is 23.3 Å². The minimum absolute atomic E-state index is 0.0149. The number of hydrogen-bond donors (Lipinski definition) is 2. The maximum atomic E-state index is 15.8. The molecule has 2 amide bonds. The van der Waals surface area contributed by atoms with Crippen LogP contribution in [0.2, 0.25) is 5.02 Å². The van der Waals surface area contributed by atoms with Crippen LogP contribution in [0.4, 0.5) is 32.4 Å². The lowest BCUT2D eigenvalue weighted by Gasteiger charge is -2.28. The molecule has 0 radical (unpaired) electrons. The molecule has 0 saturated heterocycles. The Morgan fingerprint density at radius 2 is 1.72 bits per heavy atom. The summed E-state index contributed by atoms with van der Waals surface area (Å²) < 4.78 is 74.0. The molecule has 0 aliphatic carbocycles. The average molecular weight is 618 g/mol. The Morgan fingerprint density at radius 3 is 2.35 bits per heavy atom. The lowest BCUT2D eigenvalue weighted by atomic mass is 9.97. The molecule has 12 heteroatoms. The van der Waals surface area contributed by atoms with E-state index >= 15 is 8.78 Å². The molecule has 3 aromatic carbocycles. The van der Waals surface area contributed by atoms with E-state index in [0.29, 0.717) is 42.8 Å². The first-order valence-electron chi connectivity index (χ1n) is 13.8. The van der Waals surface area contributed by atoms with Crippen LogP contribution < -0.4 is 11.1 Å². The van der Waals surface area contributed by atoms with Gasteiger partial charge in [-0.1, -0.05) is 43.6 Å². The number of primary amides is 1. The van der Waals surface area contributed by atoms with Gasteiger partial charge in [-0.25, -0.2) is 18.3 Å². The monoisotopic (exact) mass is 617 g/mol. The van der Waals surface area contributed by atoms with Crippen molar-refractivity contribution < 1.29 is 26.7 Å². The van der Waals surface area contributed by atoms with E-state index in [9.17, 15) is 18.0 Å². The number of halogens is 6. The second-order valence-electron chi connectivity index (χ2n) is 10.4. The van der Waals surface area contributed by atoms with Gasteiger partial charge in [-0.05, 0) is 53.8 Å². The first-order valence-corrected chi connectivity index (χ1v) is 14.1. The second kappa shape index (κ2) is 12.0. The molecule has 226 valence electrons. The third-order valence-corrected chi connectivity index (χ3v) is 7.86. The van der Waals surface area contributed by atoms with E-state index in [4.69, 9.17) is 22.4 Å². The van der Waals surface area contributed by atoms with Crippen LogP contribution in [0.3, 0.4) is 0 Å². The summed E-state index contributed by atoms with van der Waals surface area (Å²) in [5, 5.41) is 7.14. The van der Waals surface area contributed by atoms with Gasteiger partial charge < -0.3 is 11.1 Å². The van der Waals surface area contributed by atoms with E-state index in [2.05, 4.69) is 5.32 Å². The Bertz CT molecular complexity index is 1680. The molecule has 1 aliphatic rings. The number of anilines is 1. The quantitative estimate of drug-likeness (QED) is 0.209. The summed E-state index contributed by atoms with van der Waals surface area (Å²) in [6.07, 6.45) is -2.91. The fourth-order valence-electron chi connectivity index (χ4n) is 5.66. The molecule has 0 bridgehead atoms. The van der Waals surface area contributed by atoms with Crippen LogP contribution >= 0.6 is 11.6 Å². The summed E-state index contributed by atoms with van der Waals surface area (Å²) in [6.45, 7) is 4.42. The molecule has 43 heavy (non-hydrogen) atoms. The third kappa shape index (κ3) is 6.09. The molecule has 0 spiro atoms. The van der Waals surface area contributed by atoms with E-state index in [-0.39, 0.29) is 29.2 Å². The Kier molecular flexibility index (Phi) is 8.49. The Hall–Kier alpha value is -3.96. The zero-order valence-electron chi connectivity index (χ0n) is 23.5. The fourth-order valence-corrected chi connectivity index (χ4v) is 5.85. The average Bonchev–Trinajstić information content (AvgIpc) is 3.31. The second-order valence-corrected chi connectivity index (χ2v) is 10.8. The van der Waals surface area contributed by atoms with Crippen molar-refractivity contribution in [3.05, 3.63) is 98.7 Å².